The summed E-state index contributed by atoms with van der Waals surface area (Å²) in [5, 5.41) is 11.4. The summed E-state index contributed by atoms with van der Waals surface area (Å²) >= 11 is 0. The molecule has 3 heteroatoms. The number of rotatable bonds is 5. The zero-order valence-corrected chi connectivity index (χ0v) is 15.9. The van der Waals surface area contributed by atoms with Crippen LogP contribution in [0.5, 0.6) is 5.75 Å². The maximum absolute atomic E-state index is 11.4. The Kier molecular flexibility index (Phi) is 4.95. The van der Waals surface area contributed by atoms with Crippen molar-refractivity contribution in [2.24, 2.45) is 0 Å². The summed E-state index contributed by atoms with van der Waals surface area (Å²) in [6, 6.07) is 17.3. The summed E-state index contributed by atoms with van der Waals surface area (Å²) in [5.74, 6) is 3.41. The SMILES string of the molecule is C#CCOc1ccccc1CN1[C@@H]2CC[C@H]1CC(O)(c1ccc(C)cc1)C2. The molecule has 2 fully saturated rings. The second-order valence-electron chi connectivity index (χ2n) is 7.96. The predicted molar refractivity (Wildman–Crippen MR) is 107 cm³/mol. The number of hydrogen-bond acceptors (Lipinski definition) is 3. The topological polar surface area (TPSA) is 32.7 Å². The van der Waals surface area contributed by atoms with Gasteiger partial charge in [0, 0.05) is 24.2 Å². The van der Waals surface area contributed by atoms with E-state index in [1.54, 1.807) is 0 Å². The van der Waals surface area contributed by atoms with Crippen LogP contribution >= 0.6 is 0 Å². The molecule has 2 saturated heterocycles. The Hall–Kier alpha value is -2.28. The molecule has 4 rings (SSSR count). The van der Waals surface area contributed by atoms with Gasteiger partial charge >= 0.3 is 0 Å². The molecule has 2 aliphatic rings. The molecule has 2 aromatic carbocycles. The van der Waals surface area contributed by atoms with Gasteiger partial charge in [-0.3, -0.25) is 4.90 Å². The number of nitrogens with zero attached hydrogens (tertiary/aromatic N) is 1. The van der Waals surface area contributed by atoms with Crippen LogP contribution in [-0.2, 0) is 12.1 Å². The van der Waals surface area contributed by atoms with Crippen LogP contribution in [0.15, 0.2) is 48.5 Å². The third-order valence-corrected chi connectivity index (χ3v) is 6.14. The normalized spacial score (nSPS) is 27.3. The molecule has 0 aromatic heterocycles. The van der Waals surface area contributed by atoms with Crippen molar-refractivity contribution in [2.45, 2.75) is 56.8 Å². The Morgan fingerprint density at radius 3 is 2.44 bits per heavy atom. The van der Waals surface area contributed by atoms with Crippen LogP contribution in [0.4, 0.5) is 0 Å². The first kappa shape index (κ1) is 18.1. The number of terminal acetylenes is 1. The lowest BCUT2D eigenvalue weighted by molar-refractivity contribution is -0.0596. The fourth-order valence-electron chi connectivity index (χ4n) is 4.77. The van der Waals surface area contributed by atoms with E-state index in [0.717, 1.165) is 43.5 Å². The van der Waals surface area contributed by atoms with Gasteiger partial charge in [0.2, 0.25) is 0 Å². The van der Waals surface area contributed by atoms with Crippen molar-refractivity contribution in [1.29, 1.82) is 0 Å². The maximum Gasteiger partial charge on any atom is 0.148 e. The molecule has 1 N–H and O–H groups in total. The number of aliphatic hydroxyl groups is 1. The minimum Gasteiger partial charge on any atom is -0.481 e. The van der Waals surface area contributed by atoms with Gasteiger partial charge in [-0.15, -0.1) is 6.42 Å². The summed E-state index contributed by atoms with van der Waals surface area (Å²) in [4.78, 5) is 2.56. The van der Waals surface area contributed by atoms with Gasteiger partial charge in [0.25, 0.3) is 0 Å². The average Bonchev–Trinajstić information content (AvgIpc) is 2.91. The van der Waals surface area contributed by atoms with Crippen LogP contribution in [0.1, 0.15) is 42.4 Å². The number of para-hydroxylation sites is 1. The lowest BCUT2D eigenvalue weighted by Gasteiger charge is -2.44. The van der Waals surface area contributed by atoms with E-state index in [2.05, 4.69) is 48.1 Å². The minimum atomic E-state index is -0.713. The van der Waals surface area contributed by atoms with Crippen LogP contribution in [-0.4, -0.2) is 28.7 Å². The van der Waals surface area contributed by atoms with E-state index < -0.39 is 5.60 Å². The van der Waals surface area contributed by atoms with Gasteiger partial charge in [-0.1, -0.05) is 53.9 Å². The maximum atomic E-state index is 11.4. The molecule has 0 saturated carbocycles. The largest absolute Gasteiger partial charge is 0.481 e. The Balaban J connectivity index is 1.52. The average molecular weight is 361 g/mol. The number of aryl methyl sites for hydroxylation is 1. The van der Waals surface area contributed by atoms with Crippen LogP contribution in [0.3, 0.4) is 0 Å². The lowest BCUT2D eigenvalue weighted by Crippen LogP contribution is -2.49. The van der Waals surface area contributed by atoms with Gasteiger partial charge in [-0.05, 0) is 44.2 Å². The Morgan fingerprint density at radius 1 is 1.11 bits per heavy atom. The summed E-state index contributed by atoms with van der Waals surface area (Å²) in [6.07, 6.45) is 9.22. The third-order valence-electron chi connectivity index (χ3n) is 6.14. The van der Waals surface area contributed by atoms with Crippen molar-refractivity contribution in [3.63, 3.8) is 0 Å². The van der Waals surface area contributed by atoms with Crippen molar-refractivity contribution < 1.29 is 9.84 Å². The number of fused-ring (bicyclic) bond motifs is 2. The first-order valence-electron chi connectivity index (χ1n) is 9.78. The Morgan fingerprint density at radius 2 is 1.78 bits per heavy atom. The molecule has 1 unspecified atom stereocenters. The molecular formula is C24H27NO2. The zero-order chi connectivity index (χ0) is 18.9. The summed E-state index contributed by atoms with van der Waals surface area (Å²) in [5.41, 5.74) is 2.74. The van der Waals surface area contributed by atoms with Gasteiger partial charge in [0.05, 0.1) is 5.60 Å². The molecule has 3 atom stereocenters. The molecule has 0 radical (unpaired) electrons. The van der Waals surface area contributed by atoms with Gasteiger partial charge < -0.3 is 9.84 Å². The molecule has 2 heterocycles. The molecule has 0 aliphatic carbocycles. The van der Waals surface area contributed by atoms with Crippen LogP contribution in [0.2, 0.25) is 0 Å². The van der Waals surface area contributed by atoms with Gasteiger partial charge in [-0.25, -0.2) is 0 Å². The lowest BCUT2D eigenvalue weighted by atomic mass is 9.80. The highest BCUT2D eigenvalue weighted by molar-refractivity contribution is 5.34. The smallest absolute Gasteiger partial charge is 0.148 e. The van der Waals surface area contributed by atoms with Crippen molar-refractivity contribution in [1.82, 2.24) is 4.90 Å². The molecule has 2 bridgehead atoms. The fraction of sp³-hybridized carbons (Fsp3) is 0.417. The van der Waals surface area contributed by atoms with Crippen molar-refractivity contribution in [3.05, 3.63) is 65.2 Å². The zero-order valence-electron chi connectivity index (χ0n) is 15.9. The van der Waals surface area contributed by atoms with E-state index in [-0.39, 0.29) is 6.61 Å². The Bertz CT molecular complexity index is 822. The molecule has 27 heavy (non-hydrogen) atoms. The summed E-state index contributed by atoms with van der Waals surface area (Å²) < 4.78 is 5.73. The molecule has 2 aromatic rings. The minimum absolute atomic E-state index is 0.289. The van der Waals surface area contributed by atoms with Crippen LogP contribution < -0.4 is 4.74 Å². The molecular weight excluding hydrogens is 334 g/mol. The van der Waals surface area contributed by atoms with Gasteiger partial charge in [0.1, 0.15) is 12.4 Å². The fourth-order valence-corrected chi connectivity index (χ4v) is 4.77. The van der Waals surface area contributed by atoms with Crippen molar-refractivity contribution >= 4 is 0 Å². The predicted octanol–water partition coefficient (Wildman–Crippen LogP) is 4.02. The standard InChI is InChI=1S/C24H27NO2/c1-3-14-27-23-7-5-4-6-19(23)17-25-21-12-13-22(25)16-24(26,15-21)20-10-8-18(2)9-11-20/h1,4-11,21-22,26H,12-17H2,2H3/t21-,22+,24?. The van der Waals surface area contributed by atoms with E-state index in [9.17, 15) is 5.11 Å². The number of hydrogen-bond donors (Lipinski definition) is 1. The van der Waals surface area contributed by atoms with Crippen LogP contribution in [0.25, 0.3) is 0 Å². The van der Waals surface area contributed by atoms with Crippen molar-refractivity contribution in [3.8, 4) is 18.1 Å². The van der Waals surface area contributed by atoms with Gasteiger partial charge in [-0.2, -0.15) is 0 Å². The van der Waals surface area contributed by atoms with E-state index in [1.807, 2.05) is 18.2 Å². The highest BCUT2D eigenvalue weighted by atomic mass is 16.5. The number of piperidine rings is 1. The van der Waals surface area contributed by atoms with E-state index in [4.69, 9.17) is 11.2 Å². The monoisotopic (exact) mass is 361 g/mol. The molecule has 0 amide bonds. The molecule has 0 spiro atoms. The second-order valence-corrected chi connectivity index (χ2v) is 7.96. The quantitative estimate of drug-likeness (QED) is 0.817. The highest BCUT2D eigenvalue weighted by Gasteiger charge is 2.48. The molecule has 2 aliphatic heterocycles. The first-order valence-corrected chi connectivity index (χ1v) is 9.78. The summed E-state index contributed by atoms with van der Waals surface area (Å²) in [6.45, 7) is 3.22. The van der Waals surface area contributed by atoms with E-state index in [1.165, 1.54) is 11.1 Å². The number of ether oxygens (including phenoxy) is 1. The highest BCUT2D eigenvalue weighted by Crippen LogP contribution is 2.46. The Labute approximate surface area is 162 Å². The van der Waals surface area contributed by atoms with Gasteiger partial charge in [0.15, 0.2) is 0 Å². The molecule has 3 nitrogen and oxygen atoms in total. The first-order chi connectivity index (χ1) is 13.1. The van der Waals surface area contributed by atoms with E-state index >= 15 is 0 Å². The van der Waals surface area contributed by atoms with Crippen molar-refractivity contribution in [2.75, 3.05) is 6.61 Å². The third kappa shape index (κ3) is 3.60. The molecule has 140 valence electrons. The van der Waals surface area contributed by atoms with E-state index in [0.29, 0.717) is 12.1 Å². The second kappa shape index (κ2) is 7.38. The van der Waals surface area contributed by atoms with Crippen LogP contribution in [0, 0.1) is 19.3 Å². The summed E-state index contributed by atoms with van der Waals surface area (Å²) in [7, 11) is 0. The number of benzene rings is 2.